The van der Waals surface area contributed by atoms with Crippen molar-refractivity contribution in [1.29, 1.82) is 0 Å². The molecule has 136 valence electrons. The Labute approximate surface area is 142 Å². The molecule has 1 aliphatic rings. The van der Waals surface area contributed by atoms with Gasteiger partial charge in [0.1, 0.15) is 10.5 Å². The lowest BCUT2D eigenvalue weighted by Gasteiger charge is -2.52. The second-order valence-electron chi connectivity index (χ2n) is 7.74. The number of ether oxygens (including phenoxy) is 1. The van der Waals surface area contributed by atoms with Crippen LogP contribution in [0.25, 0.3) is 0 Å². The largest absolute Gasteiger partial charge is 0.444 e. The molecule has 1 aromatic rings. The maximum atomic E-state index is 12.3. The number of amides is 1. The van der Waals surface area contributed by atoms with Crippen molar-refractivity contribution in [3.63, 3.8) is 0 Å². The fraction of sp³-hybridized carbons (Fsp3) is 0.733. The molecule has 0 saturated heterocycles. The highest BCUT2D eigenvalue weighted by Crippen LogP contribution is 2.46. The lowest BCUT2D eigenvalue weighted by Crippen LogP contribution is -2.60. The van der Waals surface area contributed by atoms with Gasteiger partial charge in [0.2, 0.25) is 10.0 Å². The number of nitrogens with one attached hydrogen (secondary N) is 3. The first-order valence-corrected chi connectivity index (χ1v) is 9.38. The lowest BCUT2D eigenvalue weighted by atomic mass is 9.59. The van der Waals surface area contributed by atoms with Gasteiger partial charge in [0.05, 0.1) is 6.20 Å². The Kier molecular flexibility index (Phi) is 4.96. The molecule has 0 spiro atoms. The third kappa shape index (κ3) is 4.27. The molecular formula is C15H26N4O4S. The fourth-order valence-electron chi connectivity index (χ4n) is 2.72. The number of alkyl carbamates (subject to hydrolysis) is 1. The maximum Gasteiger partial charge on any atom is 0.407 e. The Morgan fingerprint density at radius 3 is 2.62 bits per heavy atom. The molecule has 8 nitrogen and oxygen atoms in total. The predicted octanol–water partition coefficient (Wildman–Crippen LogP) is 1.63. The van der Waals surface area contributed by atoms with Crippen LogP contribution in [0.3, 0.4) is 0 Å². The highest BCUT2D eigenvalue weighted by molar-refractivity contribution is 7.89. The van der Waals surface area contributed by atoms with Gasteiger partial charge in [0.25, 0.3) is 0 Å². The fourth-order valence-corrected chi connectivity index (χ4v) is 4.03. The van der Waals surface area contributed by atoms with Gasteiger partial charge in [-0.1, -0.05) is 13.8 Å². The van der Waals surface area contributed by atoms with Crippen molar-refractivity contribution < 1.29 is 17.9 Å². The molecule has 3 N–H and O–H groups in total. The molecule has 1 aromatic heterocycles. The Balaban J connectivity index is 1.87. The number of aromatic nitrogens is 2. The van der Waals surface area contributed by atoms with Crippen LogP contribution in [0.15, 0.2) is 17.3 Å². The van der Waals surface area contributed by atoms with E-state index in [0.717, 1.165) is 0 Å². The minimum Gasteiger partial charge on any atom is -0.444 e. The number of H-pyrrole nitrogens is 1. The van der Waals surface area contributed by atoms with Crippen LogP contribution >= 0.6 is 0 Å². The highest BCUT2D eigenvalue weighted by Gasteiger charge is 2.49. The van der Waals surface area contributed by atoms with E-state index in [-0.39, 0.29) is 22.3 Å². The van der Waals surface area contributed by atoms with Crippen molar-refractivity contribution in [2.24, 2.45) is 11.3 Å². The number of carbonyl (C=O) groups excluding carboxylic acids is 1. The standard InChI is InChI=1S/C15H26N4O4S/c1-14(2,3)23-13(20)16-7-10-6-12(15(10,4)5)19-24(21,22)11-8-17-18-9-11/h8-10,12,19H,6-7H2,1-5H3,(H,16,20)(H,17,18). The average Bonchev–Trinajstić information content (AvgIpc) is 2.94. The second-order valence-corrected chi connectivity index (χ2v) is 9.46. The van der Waals surface area contributed by atoms with Crippen LogP contribution in [0.4, 0.5) is 4.79 Å². The van der Waals surface area contributed by atoms with Crippen LogP contribution in [0.2, 0.25) is 0 Å². The van der Waals surface area contributed by atoms with E-state index in [9.17, 15) is 13.2 Å². The molecule has 0 aromatic carbocycles. The van der Waals surface area contributed by atoms with Crippen molar-refractivity contribution >= 4 is 16.1 Å². The van der Waals surface area contributed by atoms with Crippen LogP contribution in [0.5, 0.6) is 0 Å². The van der Waals surface area contributed by atoms with E-state index in [0.29, 0.717) is 13.0 Å². The summed E-state index contributed by atoms with van der Waals surface area (Å²) in [6, 6.07) is -0.192. The monoisotopic (exact) mass is 358 g/mol. The Morgan fingerprint density at radius 2 is 2.12 bits per heavy atom. The molecule has 1 saturated carbocycles. The molecule has 0 aliphatic heterocycles. The first-order valence-electron chi connectivity index (χ1n) is 7.90. The molecule has 0 bridgehead atoms. The van der Waals surface area contributed by atoms with E-state index < -0.39 is 21.7 Å². The Bertz CT molecular complexity index is 677. The summed E-state index contributed by atoms with van der Waals surface area (Å²) in [5.41, 5.74) is -0.812. The summed E-state index contributed by atoms with van der Waals surface area (Å²) in [7, 11) is -3.58. The van der Waals surface area contributed by atoms with Crippen LogP contribution in [0, 0.1) is 11.3 Å². The number of aromatic amines is 1. The van der Waals surface area contributed by atoms with E-state index in [4.69, 9.17) is 4.74 Å². The molecule has 1 aliphatic carbocycles. The van der Waals surface area contributed by atoms with Gasteiger partial charge in [-0.2, -0.15) is 5.10 Å². The molecule has 2 atom stereocenters. The number of hydrogen-bond acceptors (Lipinski definition) is 5. The van der Waals surface area contributed by atoms with Gasteiger partial charge in [0.15, 0.2) is 0 Å². The van der Waals surface area contributed by atoms with Crippen molar-refractivity contribution in [2.75, 3.05) is 6.54 Å². The minimum absolute atomic E-state index is 0.119. The third-order valence-electron chi connectivity index (χ3n) is 4.44. The summed E-state index contributed by atoms with van der Waals surface area (Å²) in [6.45, 7) is 9.84. The zero-order valence-corrected chi connectivity index (χ0v) is 15.5. The van der Waals surface area contributed by atoms with Crippen LogP contribution in [0.1, 0.15) is 41.0 Å². The molecule has 0 radical (unpaired) electrons. The summed E-state index contributed by atoms with van der Waals surface area (Å²) in [6.07, 6.45) is 2.81. The normalized spacial score (nSPS) is 23.4. The van der Waals surface area contributed by atoms with Gasteiger partial charge in [-0.25, -0.2) is 17.9 Å². The van der Waals surface area contributed by atoms with Gasteiger partial charge < -0.3 is 10.1 Å². The molecule has 1 heterocycles. The lowest BCUT2D eigenvalue weighted by molar-refractivity contribution is 0.0191. The van der Waals surface area contributed by atoms with Crippen LogP contribution in [-0.2, 0) is 14.8 Å². The van der Waals surface area contributed by atoms with Crippen LogP contribution < -0.4 is 10.0 Å². The summed E-state index contributed by atoms with van der Waals surface area (Å²) in [4.78, 5) is 11.8. The quantitative estimate of drug-likeness (QED) is 0.740. The molecular weight excluding hydrogens is 332 g/mol. The maximum absolute atomic E-state index is 12.3. The molecule has 1 fully saturated rings. The topological polar surface area (TPSA) is 113 Å². The second kappa shape index (κ2) is 6.36. The van der Waals surface area contributed by atoms with Crippen molar-refractivity contribution in [1.82, 2.24) is 20.2 Å². The zero-order chi connectivity index (χ0) is 18.2. The predicted molar refractivity (Wildman–Crippen MR) is 88.8 cm³/mol. The van der Waals surface area contributed by atoms with E-state index in [2.05, 4.69) is 20.2 Å². The smallest absolute Gasteiger partial charge is 0.407 e. The summed E-state index contributed by atoms with van der Waals surface area (Å²) in [5.74, 6) is 0.169. The molecule has 2 rings (SSSR count). The first kappa shape index (κ1) is 18.7. The number of rotatable bonds is 5. The molecule has 9 heteroatoms. The summed E-state index contributed by atoms with van der Waals surface area (Å²) in [5, 5.41) is 8.91. The van der Waals surface area contributed by atoms with Gasteiger partial charge in [0, 0.05) is 18.8 Å². The number of sulfonamides is 1. The average molecular weight is 358 g/mol. The van der Waals surface area contributed by atoms with E-state index in [1.54, 1.807) is 20.8 Å². The molecule has 1 amide bonds. The van der Waals surface area contributed by atoms with E-state index >= 15 is 0 Å². The Hall–Kier alpha value is -1.61. The SMILES string of the molecule is CC(C)(C)OC(=O)NCC1CC(NS(=O)(=O)c2cn[nH]c2)C1(C)C. The first-order chi connectivity index (χ1) is 10.9. The number of hydrogen-bond donors (Lipinski definition) is 3. The van der Waals surface area contributed by atoms with Crippen molar-refractivity contribution in [3.8, 4) is 0 Å². The zero-order valence-electron chi connectivity index (χ0n) is 14.7. The highest BCUT2D eigenvalue weighted by atomic mass is 32.2. The summed E-state index contributed by atoms with van der Waals surface area (Å²) < 4.78 is 32.4. The van der Waals surface area contributed by atoms with Gasteiger partial charge in [-0.15, -0.1) is 0 Å². The van der Waals surface area contributed by atoms with Crippen molar-refractivity contribution in [2.45, 2.75) is 57.6 Å². The van der Waals surface area contributed by atoms with E-state index in [1.807, 2.05) is 13.8 Å². The third-order valence-corrected chi connectivity index (χ3v) is 5.88. The van der Waals surface area contributed by atoms with E-state index in [1.165, 1.54) is 12.4 Å². The van der Waals surface area contributed by atoms with Gasteiger partial charge >= 0.3 is 6.09 Å². The molecule has 24 heavy (non-hydrogen) atoms. The van der Waals surface area contributed by atoms with Crippen molar-refractivity contribution in [3.05, 3.63) is 12.4 Å². The van der Waals surface area contributed by atoms with Gasteiger partial charge in [-0.3, -0.25) is 5.10 Å². The molecule has 2 unspecified atom stereocenters. The minimum atomic E-state index is -3.58. The van der Waals surface area contributed by atoms with Gasteiger partial charge in [-0.05, 0) is 38.5 Å². The van der Waals surface area contributed by atoms with Crippen LogP contribution in [-0.4, -0.2) is 42.9 Å². The summed E-state index contributed by atoms with van der Waals surface area (Å²) >= 11 is 0. The number of nitrogens with zero attached hydrogens (tertiary/aromatic N) is 1. The number of carbonyl (C=O) groups is 1. The Morgan fingerprint density at radius 1 is 1.46 bits per heavy atom.